The Morgan fingerprint density at radius 1 is 0.558 bits per heavy atom. The van der Waals surface area contributed by atoms with Crippen LogP contribution in [0.5, 0.6) is 0 Å². The smallest absolute Gasteiger partial charge is 0.339 e. The van der Waals surface area contributed by atoms with Gasteiger partial charge >= 0.3 is 6.18 Å². The number of halogens is 5. The van der Waals surface area contributed by atoms with Crippen LogP contribution in [0.15, 0.2) is 77.1 Å². The Kier molecular flexibility index (Phi) is 9.30. The zero-order valence-corrected chi connectivity index (χ0v) is 29.9. The quantitative estimate of drug-likeness (QED) is 0.201. The summed E-state index contributed by atoms with van der Waals surface area (Å²) >= 11 is 10.5. The molecule has 0 unspecified atom stereocenters. The van der Waals surface area contributed by atoms with Crippen molar-refractivity contribution in [2.45, 2.75) is 74.2 Å². The number of benzene rings is 4. The summed E-state index contributed by atoms with van der Waals surface area (Å²) < 4.78 is 41.6. The van der Waals surface area contributed by atoms with Crippen LogP contribution in [0.3, 0.4) is 0 Å². The molecule has 43 heavy (non-hydrogen) atoms. The van der Waals surface area contributed by atoms with E-state index in [2.05, 4.69) is 99.7 Å². The number of anilines is 4. The lowest BCUT2D eigenvalue weighted by molar-refractivity contribution is -0.137. The molecule has 2 aliphatic heterocycles. The van der Waals surface area contributed by atoms with Crippen molar-refractivity contribution in [1.82, 2.24) is 0 Å². The number of fused-ring (bicyclic) bond motifs is 4. The second kappa shape index (κ2) is 12.4. The summed E-state index contributed by atoms with van der Waals surface area (Å²) in [6.07, 6.45) is -4.32. The molecule has 9 heteroatoms. The molecule has 4 aromatic rings. The first-order valence-electron chi connectivity index (χ1n) is 14.1. The van der Waals surface area contributed by atoms with Crippen molar-refractivity contribution in [3.63, 3.8) is 0 Å². The molecule has 0 bridgehead atoms. The van der Waals surface area contributed by atoms with Crippen LogP contribution in [0.25, 0.3) is 0 Å². The molecule has 0 aliphatic carbocycles. The van der Waals surface area contributed by atoms with E-state index < -0.39 is 11.7 Å². The lowest BCUT2D eigenvalue weighted by Gasteiger charge is -2.35. The van der Waals surface area contributed by atoms with Crippen molar-refractivity contribution in [1.29, 1.82) is 0 Å². The van der Waals surface area contributed by atoms with E-state index in [9.17, 15) is 13.2 Å². The van der Waals surface area contributed by atoms with Gasteiger partial charge in [-0.1, -0.05) is 61.5 Å². The molecule has 0 radical (unpaired) electrons. The fourth-order valence-corrected chi connectivity index (χ4v) is 10.2. The van der Waals surface area contributed by atoms with E-state index in [1.165, 1.54) is 56.2 Å². The average Bonchev–Trinajstić information content (AvgIpc) is 2.89. The average molecular weight is 751 g/mol. The molecule has 226 valence electrons. The lowest BCUT2D eigenvalue weighted by atomic mass is 10.0. The van der Waals surface area contributed by atoms with Crippen molar-refractivity contribution in [2.24, 2.45) is 0 Å². The van der Waals surface area contributed by atoms with Gasteiger partial charge in [-0.15, -0.1) is 0 Å². The summed E-state index contributed by atoms with van der Waals surface area (Å²) in [7, 11) is 0. The highest BCUT2D eigenvalue weighted by Gasteiger charge is 2.34. The minimum absolute atomic E-state index is 0.579. The number of rotatable bonds is 2. The van der Waals surface area contributed by atoms with Gasteiger partial charge in [0.05, 0.1) is 28.3 Å². The van der Waals surface area contributed by atoms with Gasteiger partial charge in [-0.25, -0.2) is 0 Å². The van der Waals surface area contributed by atoms with Gasteiger partial charge in [-0.05, 0) is 119 Å². The van der Waals surface area contributed by atoms with Crippen LogP contribution in [0.2, 0.25) is 0 Å². The van der Waals surface area contributed by atoms with Crippen LogP contribution in [-0.4, -0.2) is 13.1 Å². The fourth-order valence-electron chi connectivity index (χ4n) is 6.03. The topological polar surface area (TPSA) is 6.48 Å². The van der Waals surface area contributed by atoms with Crippen LogP contribution < -0.4 is 9.80 Å². The fraction of sp³-hybridized carbons (Fsp3) is 0.294. The summed E-state index contributed by atoms with van der Waals surface area (Å²) in [6.45, 7) is 16.1. The van der Waals surface area contributed by atoms with E-state index in [0.717, 1.165) is 49.4 Å². The van der Waals surface area contributed by atoms with Crippen molar-refractivity contribution in [3.8, 4) is 0 Å². The molecular weight excluding hydrogens is 717 g/mol. The molecule has 0 spiro atoms. The van der Waals surface area contributed by atoms with Gasteiger partial charge in [0.1, 0.15) is 0 Å². The lowest BCUT2D eigenvalue weighted by Crippen LogP contribution is -2.23. The summed E-state index contributed by atoms with van der Waals surface area (Å²) in [6, 6.07) is 15.5. The Bertz CT molecular complexity index is 1680. The van der Waals surface area contributed by atoms with Crippen molar-refractivity contribution in [3.05, 3.63) is 90.9 Å². The minimum Gasteiger partial charge on any atom is -0.339 e. The maximum absolute atomic E-state index is 13.1. The molecule has 2 aliphatic rings. The van der Waals surface area contributed by atoms with Crippen LogP contribution in [-0.2, 0) is 6.18 Å². The molecule has 0 saturated heterocycles. The van der Waals surface area contributed by atoms with Crippen molar-refractivity contribution in [2.75, 3.05) is 22.9 Å². The van der Waals surface area contributed by atoms with E-state index in [-0.39, 0.29) is 0 Å². The largest absolute Gasteiger partial charge is 0.416 e. The van der Waals surface area contributed by atoms with E-state index in [4.69, 9.17) is 0 Å². The van der Waals surface area contributed by atoms with Crippen LogP contribution >= 0.6 is 55.4 Å². The molecule has 2 heterocycles. The first kappa shape index (κ1) is 32.3. The number of alkyl halides is 3. The summed E-state index contributed by atoms with van der Waals surface area (Å²) in [5, 5.41) is 0. The van der Waals surface area contributed by atoms with Crippen molar-refractivity contribution < 1.29 is 13.2 Å². The monoisotopic (exact) mass is 748 g/mol. The minimum atomic E-state index is -4.32. The van der Waals surface area contributed by atoms with E-state index in [1.807, 2.05) is 31.7 Å². The Labute approximate surface area is 277 Å². The van der Waals surface area contributed by atoms with E-state index in [1.54, 1.807) is 6.92 Å². The summed E-state index contributed by atoms with van der Waals surface area (Å²) in [5.41, 5.74) is 9.69. The first-order valence-corrected chi connectivity index (χ1v) is 17.3. The third kappa shape index (κ3) is 6.24. The van der Waals surface area contributed by atoms with Gasteiger partial charge in [0.2, 0.25) is 0 Å². The number of nitrogens with zero attached hydrogens (tertiary/aromatic N) is 2. The molecule has 0 N–H and O–H groups in total. The maximum atomic E-state index is 13.1. The Morgan fingerprint density at radius 3 is 1.35 bits per heavy atom. The van der Waals surface area contributed by atoms with E-state index >= 15 is 0 Å². The molecule has 0 saturated carbocycles. The third-order valence-corrected chi connectivity index (χ3v) is 10.7. The SMILES string of the molecule is CCN1c2c(C)cc(Br)cc2Sc2cc(Br)cc(C)c21.CCN1c2c(C)cc(C)cc2Sc2cc(C(F)(F)F)cc(C)c21. The van der Waals surface area contributed by atoms with Gasteiger partial charge < -0.3 is 9.80 Å². The molecular formula is C34H33Br2F3N2S2. The van der Waals surface area contributed by atoms with Gasteiger partial charge in [0.25, 0.3) is 0 Å². The standard InChI is InChI=1S/C18H18F3NS.C16H15Br2NS/c1-5-22-16-11(3)6-10(2)7-14(16)23-15-9-13(18(19,20)21)8-12(4)17(15)22;1-4-19-15-9(2)5-11(17)7-13(15)20-14-8-12(18)6-10(3)16(14)19/h6-9H,5H2,1-4H3;5-8H,4H2,1-3H3. The predicted octanol–water partition coefficient (Wildman–Crippen LogP) is 12.7. The summed E-state index contributed by atoms with van der Waals surface area (Å²) in [5.74, 6) is 0. The molecule has 4 aromatic carbocycles. The highest BCUT2D eigenvalue weighted by atomic mass is 79.9. The van der Waals surface area contributed by atoms with Crippen molar-refractivity contribution >= 4 is 78.1 Å². The second-order valence-electron chi connectivity index (χ2n) is 10.9. The molecule has 0 aromatic heterocycles. The first-order chi connectivity index (χ1) is 20.2. The zero-order valence-electron chi connectivity index (χ0n) is 25.1. The van der Waals surface area contributed by atoms with E-state index in [0.29, 0.717) is 10.5 Å². The Balaban J connectivity index is 0.000000173. The second-order valence-corrected chi connectivity index (χ2v) is 14.9. The normalized spacial score (nSPS) is 13.5. The van der Waals surface area contributed by atoms with Gasteiger partial charge in [0.15, 0.2) is 0 Å². The summed E-state index contributed by atoms with van der Waals surface area (Å²) in [4.78, 5) is 8.91. The zero-order chi connectivity index (χ0) is 31.4. The van der Waals surface area contributed by atoms with Gasteiger partial charge in [0, 0.05) is 41.6 Å². The van der Waals surface area contributed by atoms with Crippen LogP contribution in [0.1, 0.15) is 47.2 Å². The van der Waals surface area contributed by atoms with Crippen LogP contribution in [0, 0.1) is 34.6 Å². The molecule has 0 fully saturated rings. The highest BCUT2D eigenvalue weighted by molar-refractivity contribution is 9.10. The molecule has 6 rings (SSSR count). The molecule has 2 nitrogen and oxygen atoms in total. The van der Waals surface area contributed by atoms with Crippen LogP contribution in [0.4, 0.5) is 35.9 Å². The number of hydrogen-bond acceptors (Lipinski definition) is 4. The maximum Gasteiger partial charge on any atom is 0.416 e. The highest BCUT2D eigenvalue weighted by Crippen LogP contribution is 2.53. The van der Waals surface area contributed by atoms with Gasteiger partial charge in [-0.2, -0.15) is 13.2 Å². The predicted molar refractivity (Wildman–Crippen MR) is 183 cm³/mol. The number of aryl methyl sites for hydroxylation is 5. The third-order valence-electron chi connectivity index (χ3n) is 7.62. The number of hydrogen-bond donors (Lipinski definition) is 0. The van der Waals surface area contributed by atoms with Gasteiger partial charge in [-0.3, -0.25) is 0 Å². The molecule has 0 amide bonds. The Morgan fingerprint density at radius 2 is 0.930 bits per heavy atom. The molecule has 0 atom stereocenters. The Hall–Kier alpha value is -2.07.